The second kappa shape index (κ2) is 4.21. The summed E-state index contributed by atoms with van der Waals surface area (Å²) in [7, 11) is -3.55. The smallest absolute Gasteiger partial charge is 0.497 e. The fourth-order valence-electron chi connectivity index (χ4n) is 1.64. The Balaban J connectivity index is 2.30. The molecule has 0 unspecified atom stereocenters. The van der Waals surface area contributed by atoms with Crippen LogP contribution < -0.4 is 10.3 Å². The van der Waals surface area contributed by atoms with Gasteiger partial charge in [-0.05, 0) is 33.8 Å². The third-order valence-corrected chi connectivity index (χ3v) is 3.40. The van der Waals surface area contributed by atoms with Crippen LogP contribution in [0.3, 0.4) is 0 Å². The molecule has 0 atom stereocenters. The van der Waals surface area contributed by atoms with E-state index < -0.39 is 31.3 Å². The molecule has 4 nitrogen and oxygen atoms in total. The molecule has 0 aliphatic carbocycles. The van der Waals surface area contributed by atoms with Gasteiger partial charge < -0.3 is 14.0 Å². The van der Waals surface area contributed by atoms with Crippen molar-refractivity contribution in [1.29, 1.82) is 0 Å². The van der Waals surface area contributed by atoms with E-state index in [-0.39, 0.29) is 11.3 Å². The molecule has 1 aromatic heterocycles. The molecule has 6 heteroatoms. The van der Waals surface area contributed by atoms with Crippen LogP contribution >= 0.6 is 0 Å². The molecule has 98 valence electrons. The van der Waals surface area contributed by atoms with Gasteiger partial charge in [0.1, 0.15) is 5.75 Å². The number of methoxy groups -OCH3 is 1. The first-order valence-electron chi connectivity index (χ1n) is 7.12. The van der Waals surface area contributed by atoms with Crippen molar-refractivity contribution < 1.29 is 22.5 Å². The molecule has 2 heterocycles. The lowest BCUT2D eigenvalue weighted by molar-refractivity contribution is 0.00578. The number of rotatable bonds is 2. The molecule has 0 radical (unpaired) electrons. The third kappa shape index (κ3) is 2.22. The first-order chi connectivity index (χ1) is 9.40. The van der Waals surface area contributed by atoms with Gasteiger partial charge in [-0.25, -0.2) is 4.98 Å². The Morgan fingerprint density at radius 1 is 1.28 bits per heavy atom. The SMILES string of the molecule is [2H]C([2H])([2H])Oc1cc(F)nc(B2OC(C)(C)C(C)(C)O2)c1. The van der Waals surface area contributed by atoms with Gasteiger partial charge in [-0.15, -0.1) is 0 Å². The molecule has 1 saturated heterocycles. The molecule has 18 heavy (non-hydrogen) atoms. The van der Waals surface area contributed by atoms with E-state index in [0.29, 0.717) is 0 Å². The second-order valence-corrected chi connectivity index (χ2v) is 5.24. The molecule has 0 aromatic carbocycles. The maximum atomic E-state index is 13.6. The van der Waals surface area contributed by atoms with Crippen molar-refractivity contribution in [3.05, 3.63) is 18.1 Å². The lowest BCUT2D eigenvalue weighted by Crippen LogP contribution is -2.41. The summed E-state index contributed by atoms with van der Waals surface area (Å²) in [6, 6.07) is 2.21. The summed E-state index contributed by atoms with van der Waals surface area (Å²) in [5.74, 6) is -1.01. The predicted octanol–water partition coefficient (Wildman–Crippen LogP) is 1.53. The number of nitrogens with zero attached hydrogens (tertiary/aromatic N) is 1. The highest BCUT2D eigenvalue weighted by Crippen LogP contribution is 2.36. The Bertz CT molecular complexity index is 535. The molecule has 1 aromatic rings. The lowest BCUT2D eigenvalue weighted by Gasteiger charge is -2.32. The fourth-order valence-corrected chi connectivity index (χ4v) is 1.64. The minimum atomic E-state index is -2.67. The van der Waals surface area contributed by atoms with Gasteiger partial charge >= 0.3 is 7.12 Å². The lowest BCUT2D eigenvalue weighted by atomic mass is 9.84. The number of pyridine rings is 1. The summed E-state index contributed by atoms with van der Waals surface area (Å²) in [5, 5.41) is 0. The van der Waals surface area contributed by atoms with Crippen molar-refractivity contribution in [1.82, 2.24) is 4.98 Å². The Hall–Kier alpha value is -1.14. The number of halogens is 1. The highest BCUT2D eigenvalue weighted by molar-refractivity contribution is 6.61. The molecule has 0 spiro atoms. The van der Waals surface area contributed by atoms with Crippen LogP contribution in [0.4, 0.5) is 4.39 Å². The first kappa shape index (κ1) is 9.75. The zero-order chi connectivity index (χ0) is 16.1. The molecule has 1 fully saturated rings. The van der Waals surface area contributed by atoms with Crippen LogP contribution in [0.1, 0.15) is 31.8 Å². The Morgan fingerprint density at radius 3 is 2.44 bits per heavy atom. The summed E-state index contributed by atoms with van der Waals surface area (Å²) < 4.78 is 50.9. The number of aromatic nitrogens is 1. The van der Waals surface area contributed by atoms with Gasteiger partial charge in [0.15, 0.2) is 0 Å². The predicted molar refractivity (Wildman–Crippen MR) is 66.5 cm³/mol. The van der Waals surface area contributed by atoms with Crippen LogP contribution in [-0.4, -0.2) is 30.3 Å². The zero-order valence-electron chi connectivity index (χ0n) is 13.8. The molecular weight excluding hydrogens is 236 g/mol. The van der Waals surface area contributed by atoms with E-state index in [0.717, 1.165) is 6.07 Å². The molecule has 0 saturated carbocycles. The van der Waals surface area contributed by atoms with Gasteiger partial charge in [0.05, 0.1) is 27.9 Å². The minimum Gasteiger partial charge on any atom is -0.497 e. The highest BCUT2D eigenvalue weighted by Gasteiger charge is 2.52. The van der Waals surface area contributed by atoms with Gasteiger partial charge in [-0.2, -0.15) is 4.39 Å². The molecule has 0 amide bonds. The number of ether oxygens (including phenoxy) is 1. The standard InChI is InChI=1S/C12H17BFNO3/c1-11(2)12(3,4)18-13(17-11)9-6-8(16-5)7-10(14)15-9/h6-7H,1-5H3/i5D3. The monoisotopic (exact) mass is 256 g/mol. The van der Waals surface area contributed by atoms with Gasteiger partial charge in [0, 0.05) is 6.07 Å². The Morgan fingerprint density at radius 2 is 1.89 bits per heavy atom. The fraction of sp³-hybridized carbons (Fsp3) is 0.583. The molecular formula is C12H17BFNO3. The normalized spacial score (nSPS) is 24.3. The first-order valence-corrected chi connectivity index (χ1v) is 5.62. The average molecular weight is 256 g/mol. The van der Waals surface area contributed by atoms with Crippen molar-refractivity contribution in [2.24, 2.45) is 0 Å². The van der Waals surface area contributed by atoms with Gasteiger partial charge in [-0.1, -0.05) is 0 Å². The second-order valence-electron chi connectivity index (χ2n) is 5.24. The van der Waals surface area contributed by atoms with Crippen LogP contribution in [0.5, 0.6) is 5.75 Å². The van der Waals surface area contributed by atoms with E-state index in [1.807, 2.05) is 27.7 Å². The van der Waals surface area contributed by atoms with Crippen molar-refractivity contribution in [3.63, 3.8) is 0 Å². The van der Waals surface area contributed by atoms with Crippen molar-refractivity contribution in [2.75, 3.05) is 7.04 Å². The van der Waals surface area contributed by atoms with Crippen molar-refractivity contribution in [2.45, 2.75) is 38.9 Å². The maximum Gasteiger partial charge on any atom is 0.514 e. The van der Waals surface area contributed by atoms with Gasteiger partial charge in [-0.3, -0.25) is 0 Å². The van der Waals surface area contributed by atoms with Crippen molar-refractivity contribution in [3.8, 4) is 5.75 Å². The minimum absolute atomic E-state index is 0.132. The van der Waals surface area contributed by atoms with E-state index in [2.05, 4.69) is 4.98 Å². The number of hydrogen-bond acceptors (Lipinski definition) is 4. The molecule has 1 aliphatic rings. The van der Waals surface area contributed by atoms with E-state index in [9.17, 15) is 4.39 Å². The van der Waals surface area contributed by atoms with Crippen LogP contribution in [0.25, 0.3) is 0 Å². The van der Waals surface area contributed by atoms with Crippen LogP contribution in [0, 0.1) is 5.95 Å². The van der Waals surface area contributed by atoms with Gasteiger partial charge in [0.25, 0.3) is 0 Å². The quantitative estimate of drug-likeness (QED) is 0.594. The van der Waals surface area contributed by atoms with Gasteiger partial charge in [0.2, 0.25) is 5.95 Å². The zero-order valence-corrected chi connectivity index (χ0v) is 10.8. The average Bonchev–Trinajstić information content (AvgIpc) is 2.44. The largest absolute Gasteiger partial charge is 0.514 e. The van der Waals surface area contributed by atoms with E-state index in [1.54, 1.807) is 0 Å². The Labute approximate surface area is 111 Å². The van der Waals surface area contributed by atoms with Crippen LogP contribution in [0.2, 0.25) is 0 Å². The van der Waals surface area contributed by atoms with E-state index in [1.165, 1.54) is 6.07 Å². The number of hydrogen-bond donors (Lipinski definition) is 0. The van der Waals surface area contributed by atoms with Crippen molar-refractivity contribution >= 4 is 12.7 Å². The molecule has 0 N–H and O–H groups in total. The summed E-state index contributed by atoms with van der Waals surface area (Å²) >= 11 is 0. The molecule has 1 aliphatic heterocycles. The summed E-state index contributed by atoms with van der Waals surface area (Å²) in [6.45, 7) is 7.41. The van der Waals surface area contributed by atoms with E-state index >= 15 is 0 Å². The summed E-state index contributed by atoms with van der Waals surface area (Å²) in [5.41, 5.74) is -1.07. The highest BCUT2D eigenvalue weighted by atomic mass is 19.1. The molecule has 2 rings (SSSR count). The van der Waals surface area contributed by atoms with Crippen LogP contribution in [-0.2, 0) is 9.31 Å². The topological polar surface area (TPSA) is 40.6 Å². The Kier molecular flexibility index (Phi) is 2.28. The summed E-state index contributed by atoms with van der Waals surface area (Å²) in [6.07, 6.45) is 0. The maximum absolute atomic E-state index is 13.6. The third-order valence-electron chi connectivity index (χ3n) is 3.40. The van der Waals surface area contributed by atoms with Crippen LogP contribution in [0.15, 0.2) is 12.1 Å². The van der Waals surface area contributed by atoms with E-state index in [4.69, 9.17) is 18.2 Å². The summed E-state index contributed by atoms with van der Waals surface area (Å²) in [4.78, 5) is 3.70. The molecule has 0 bridgehead atoms.